The number of allylic oxidation sites excluding steroid dienone is 1. The van der Waals surface area contributed by atoms with Crippen LogP contribution in [0.15, 0.2) is 12.2 Å². The molecular formula is C7H10O2. The molecule has 0 aromatic carbocycles. The molecular weight excluding hydrogens is 116 g/mol. The zero-order valence-corrected chi connectivity index (χ0v) is 5.25. The van der Waals surface area contributed by atoms with E-state index in [0.717, 1.165) is 25.7 Å². The second-order valence-corrected chi connectivity index (χ2v) is 2.07. The molecule has 1 saturated heterocycles. The van der Waals surface area contributed by atoms with Crippen molar-refractivity contribution in [2.24, 2.45) is 0 Å². The summed E-state index contributed by atoms with van der Waals surface area (Å²) in [6, 6.07) is 0. The summed E-state index contributed by atoms with van der Waals surface area (Å²) in [5, 5.41) is 0. The predicted molar refractivity (Wildman–Crippen MR) is 34.2 cm³/mol. The number of hydrogen-bond donors (Lipinski definition) is 0. The third-order valence-corrected chi connectivity index (χ3v) is 1.37. The fourth-order valence-electron chi connectivity index (χ4n) is 0.924. The van der Waals surface area contributed by atoms with Crippen molar-refractivity contribution in [2.75, 3.05) is 6.61 Å². The summed E-state index contributed by atoms with van der Waals surface area (Å²) in [7, 11) is 0. The van der Waals surface area contributed by atoms with Crippen molar-refractivity contribution in [3.8, 4) is 0 Å². The molecule has 1 atom stereocenters. The van der Waals surface area contributed by atoms with Crippen LogP contribution in [0.1, 0.15) is 12.8 Å². The highest BCUT2D eigenvalue weighted by Crippen LogP contribution is 2.12. The van der Waals surface area contributed by atoms with Crippen LogP contribution in [0.4, 0.5) is 0 Å². The van der Waals surface area contributed by atoms with Gasteiger partial charge in [-0.1, -0.05) is 6.08 Å². The first-order valence-corrected chi connectivity index (χ1v) is 3.17. The Labute approximate surface area is 54.5 Å². The van der Waals surface area contributed by atoms with E-state index in [-0.39, 0.29) is 6.10 Å². The lowest BCUT2D eigenvalue weighted by Gasteiger charge is -1.98. The molecule has 1 unspecified atom stereocenters. The Hall–Kier alpha value is -0.630. The van der Waals surface area contributed by atoms with Crippen molar-refractivity contribution < 1.29 is 9.53 Å². The zero-order valence-electron chi connectivity index (χ0n) is 5.25. The van der Waals surface area contributed by atoms with Crippen molar-refractivity contribution in [3.63, 3.8) is 0 Å². The van der Waals surface area contributed by atoms with Gasteiger partial charge in [0.2, 0.25) is 0 Å². The van der Waals surface area contributed by atoms with Crippen LogP contribution in [0.25, 0.3) is 0 Å². The maximum absolute atomic E-state index is 9.82. The normalized spacial score (nSPS) is 27.3. The van der Waals surface area contributed by atoms with Crippen LogP contribution in [0, 0.1) is 0 Å². The maximum atomic E-state index is 9.82. The first kappa shape index (κ1) is 6.49. The third kappa shape index (κ3) is 1.98. The van der Waals surface area contributed by atoms with Gasteiger partial charge in [-0.15, -0.1) is 0 Å². The van der Waals surface area contributed by atoms with E-state index in [4.69, 9.17) is 4.74 Å². The zero-order chi connectivity index (χ0) is 6.53. The minimum absolute atomic E-state index is 0.204. The van der Waals surface area contributed by atoms with Crippen molar-refractivity contribution >= 4 is 6.29 Å². The van der Waals surface area contributed by atoms with Gasteiger partial charge in [0.1, 0.15) is 6.29 Å². The smallest absolute Gasteiger partial charge is 0.142 e. The topological polar surface area (TPSA) is 26.3 Å². The Morgan fingerprint density at radius 1 is 1.56 bits per heavy atom. The van der Waals surface area contributed by atoms with Gasteiger partial charge in [-0.25, -0.2) is 0 Å². The lowest BCUT2D eigenvalue weighted by Crippen LogP contribution is -1.98. The fraction of sp³-hybridized carbons (Fsp3) is 0.571. The average Bonchev–Trinajstić information content (AvgIpc) is 2.34. The van der Waals surface area contributed by atoms with E-state index < -0.39 is 0 Å². The van der Waals surface area contributed by atoms with Gasteiger partial charge < -0.3 is 4.74 Å². The van der Waals surface area contributed by atoms with Gasteiger partial charge in [-0.3, -0.25) is 4.79 Å². The maximum Gasteiger partial charge on any atom is 0.142 e. The van der Waals surface area contributed by atoms with E-state index in [0.29, 0.717) is 0 Å². The highest BCUT2D eigenvalue weighted by Gasteiger charge is 2.10. The van der Waals surface area contributed by atoms with Crippen molar-refractivity contribution in [2.45, 2.75) is 18.9 Å². The number of carbonyl (C=O) groups is 1. The molecule has 1 rings (SSSR count). The monoisotopic (exact) mass is 126 g/mol. The molecule has 9 heavy (non-hydrogen) atoms. The van der Waals surface area contributed by atoms with Gasteiger partial charge in [0, 0.05) is 6.61 Å². The molecule has 2 nitrogen and oxygen atoms in total. The van der Waals surface area contributed by atoms with E-state index in [2.05, 4.69) is 0 Å². The summed E-state index contributed by atoms with van der Waals surface area (Å²) in [6.45, 7) is 0.841. The van der Waals surface area contributed by atoms with Gasteiger partial charge in [-0.2, -0.15) is 0 Å². The summed E-state index contributed by atoms with van der Waals surface area (Å²) in [5.41, 5.74) is 0. The van der Waals surface area contributed by atoms with Gasteiger partial charge in [0.15, 0.2) is 0 Å². The number of rotatable bonds is 2. The van der Waals surface area contributed by atoms with E-state index >= 15 is 0 Å². The van der Waals surface area contributed by atoms with Crippen LogP contribution in [0.3, 0.4) is 0 Å². The lowest BCUT2D eigenvalue weighted by molar-refractivity contribution is -0.104. The number of aldehydes is 1. The number of ether oxygens (including phenoxy) is 1. The molecule has 1 aliphatic rings. The first-order chi connectivity index (χ1) is 4.43. The van der Waals surface area contributed by atoms with Crippen LogP contribution < -0.4 is 0 Å². The molecule has 0 radical (unpaired) electrons. The Kier molecular flexibility index (Phi) is 2.46. The molecule has 1 heterocycles. The third-order valence-electron chi connectivity index (χ3n) is 1.37. The molecule has 0 aromatic rings. The molecule has 0 aliphatic carbocycles. The minimum atomic E-state index is 0.204. The van der Waals surface area contributed by atoms with Gasteiger partial charge in [0.05, 0.1) is 6.10 Å². The highest BCUT2D eigenvalue weighted by molar-refractivity contribution is 5.64. The highest BCUT2D eigenvalue weighted by atomic mass is 16.5. The average molecular weight is 126 g/mol. The van der Waals surface area contributed by atoms with Crippen LogP contribution in [0.2, 0.25) is 0 Å². The van der Waals surface area contributed by atoms with E-state index in [1.54, 1.807) is 6.08 Å². The Balaban J connectivity index is 2.25. The lowest BCUT2D eigenvalue weighted by atomic mass is 10.2. The summed E-state index contributed by atoms with van der Waals surface area (Å²) in [4.78, 5) is 9.82. The SMILES string of the molecule is O=C/C=C/C1CCCO1. The Morgan fingerprint density at radius 2 is 2.44 bits per heavy atom. The minimum Gasteiger partial charge on any atom is -0.374 e. The van der Waals surface area contributed by atoms with Crippen LogP contribution >= 0.6 is 0 Å². The molecule has 0 bridgehead atoms. The largest absolute Gasteiger partial charge is 0.374 e. The Morgan fingerprint density at radius 3 is 3.00 bits per heavy atom. The molecule has 50 valence electrons. The molecule has 0 spiro atoms. The molecule has 0 amide bonds. The predicted octanol–water partition coefficient (Wildman–Crippen LogP) is 0.920. The first-order valence-electron chi connectivity index (χ1n) is 3.17. The van der Waals surface area contributed by atoms with E-state index in [1.165, 1.54) is 6.08 Å². The second kappa shape index (κ2) is 3.41. The molecule has 0 aromatic heterocycles. The fourth-order valence-corrected chi connectivity index (χ4v) is 0.924. The van der Waals surface area contributed by atoms with Crippen molar-refractivity contribution in [3.05, 3.63) is 12.2 Å². The molecule has 0 saturated carbocycles. The summed E-state index contributed by atoms with van der Waals surface area (Å²) < 4.78 is 5.21. The van der Waals surface area contributed by atoms with Crippen molar-refractivity contribution in [1.82, 2.24) is 0 Å². The van der Waals surface area contributed by atoms with Crippen LogP contribution in [-0.2, 0) is 9.53 Å². The molecule has 2 heteroatoms. The van der Waals surface area contributed by atoms with E-state index in [1.807, 2.05) is 0 Å². The quantitative estimate of drug-likeness (QED) is 0.406. The van der Waals surface area contributed by atoms with Gasteiger partial charge in [-0.05, 0) is 18.9 Å². The van der Waals surface area contributed by atoms with Gasteiger partial charge in [0.25, 0.3) is 0 Å². The molecule has 1 aliphatic heterocycles. The summed E-state index contributed by atoms with van der Waals surface area (Å²) in [5.74, 6) is 0. The molecule has 0 N–H and O–H groups in total. The molecule has 1 fully saturated rings. The summed E-state index contributed by atoms with van der Waals surface area (Å²) in [6.07, 6.45) is 6.46. The standard InChI is InChI=1S/C7H10O2/c8-5-1-3-7-4-2-6-9-7/h1,3,5,7H,2,4,6H2/b3-1+. The van der Waals surface area contributed by atoms with Crippen LogP contribution in [-0.4, -0.2) is 19.0 Å². The van der Waals surface area contributed by atoms with Crippen molar-refractivity contribution in [1.29, 1.82) is 0 Å². The summed E-state index contributed by atoms with van der Waals surface area (Å²) >= 11 is 0. The number of carbonyl (C=O) groups excluding carboxylic acids is 1. The Bertz CT molecular complexity index is 112. The number of hydrogen-bond acceptors (Lipinski definition) is 2. The van der Waals surface area contributed by atoms with Crippen LogP contribution in [0.5, 0.6) is 0 Å². The van der Waals surface area contributed by atoms with Gasteiger partial charge >= 0.3 is 0 Å². The second-order valence-electron chi connectivity index (χ2n) is 2.07. The van der Waals surface area contributed by atoms with E-state index in [9.17, 15) is 4.79 Å².